The minimum atomic E-state index is -5.01. The number of nitrogens with two attached hydrogens (primary N) is 1. The van der Waals surface area contributed by atoms with E-state index < -0.39 is 29.3 Å². The number of benzene rings is 1. The highest BCUT2D eigenvalue weighted by atomic mass is 19.4. The van der Waals surface area contributed by atoms with Gasteiger partial charge in [-0.2, -0.15) is 5.10 Å². The van der Waals surface area contributed by atoms with Crippen LogP contribution in [0.2, 0.25) is 0 Å². The van der Waals surface area contributed by atoms with E-state index in [9.17, 15) is 22.0 Å². The molecule has 0 unspecified atom stereocenters. The smallest absolute Gasteiger partial charge is 0.406 e. The third-order valence-electron chi connectivity index (χ3n) is 1.49. The number of alkyl halides is 3. The summed E-state index contributed by atoms with van der Waals surface area (Å²) >= 11 is 0. The van der Waals surface area contributed by atoms with Gasteiger partial charge in [0.15, 0.2) is 0 Å². The molecule has 0 saturated carbocycles. The van der Waals surface area contributed by atoms with Crippen LogP contribution in [-0.2, 0) is 0 Å². The molecule has 2 N–H and O–H groups in total. The van der Waals surface area contributed by atoms with Crippen molar-refractivity contribution in [1.82, 2.24) is 0 Å². The lowest BCUT2D eigenvalue weighted by molar-refractivity contribution is -0.274. The molecule has 16 heavy (non-hydrogen) atoms. The molecule has 0 fully saturated rings. The second-order valence-electron chi connectivity index (χ2n) is 2.63. The molecule has 0 atom stereocenters. The molecule has 1 rings (SSSR count). The van der Waals surface area contributed by atoms with Crippen LogP contribution in [0.25, 0.3) is 0 Å². The summed E-state index contributed by atoms with van der Waals surface area (Å²) in [5, 5.41) is 2.86. The Morgan fingerprint density at radius 2 is 1.69 bits per heavy atom. The quantitative estimate of drug-likeness (QED) is 0.372. The lowest BCUT2D eigenvalue weighted by Gasteiger charge is -2.09. The topological polar surface area (TPSA) is 47.6 Å². The predicted molar refractivity (Wildman–Crippen MR) is 44.8 cm³/mol. The zero-order valence-electron chi connectivity index (χ0n) is 7.55. The van der Waals surface area contributed by atoms with Crippen LogP contribution in [0.4, 0.5) is 22.0 Å². The molecule has 3 nitrogen and oxygen atoms in total. The van der Waals surface area contributed by atoms with Crippen LogP contribution in [0, 0.1) is 11.6 Å². The van der Waals surface area contributed by atoms with E-state index in [0.717, 1.165) is 0 Å². The third-order valence-corrected chi connectivity index (χ3v) is 1.49. The van der Waals surface area contributed by atoms with Crippen molar-refractivity contribution in [3.8, 4) is 5.75 Å². The predicted octanol–water partition coefficient (Wildman–Crippen LogP) is 2.16. The van der Waals surface area contributed by atoms with Crippen molar-refractivity contribution in [2.75, 3.05) is 0 Å². The van der Waals surface area contributed by atoms with E-state index in [1.54, 1.807) is 0 Å². The van der Waals surface area contributed by atoms with Crippen molar-refractivity contribution < 1.29 is 26.7 Å². The van der Waals surface area contributed by atoms with Gasteiger partial charge in [-0.25, -0.2) is 8.78 Å². The van der Waals surface area contributed by atoms with Gasteiger partial charge in [0, 0.05) is 12.1 Å². The molecular formula is C8H5F5N2O. The highest BCUT2D eigenvalue weighted by Gasteiger charge is 2.31. The highest BCUT2D eigenvalue weighted by molar-refractivity contribution is 5.80. The molecule has 0 aliphatic carbocycles. The maximum Gasteiger partial charge on any atom is 0.573 e. The van der Waals surface area contributed by atoms with E-state index in [0.29, 0.717) is 18.3 Å². The number of halogens is 5. The molecule has 1 aromatic carbocycles. The summed E-state index contributed by atoms with van der Waals surface area (Å²) < 4.78 is 64.6. The molecule has 1 aromatic rings. The van der Waals surface area contributed by atoms with Crippen LogP contribution in [0.3, 0.4) is 0 Å². The average Bonchev–Trinajstić information content (AvgIpc) is 2.08. The second-order valence-corrected chi connectivity index (χ2v) is 2.63. The van der Waals surface area contributed by atoms with Crippen LogP contribution in [0.5, 0.6) is 5.75 Å². The first-order valence-electron chi connectivity index (χ1n) is 3.81. The van der Waals surface area contributed by atoms with Gasteiger partial charge in [-0.3, -0.25) is 0 Å². The van der Waals surface area contributed by atoms with Crippen LogP contribution in [0.15, 0.2) is 17.2 Å². The Kier molecular flexibility index (Phi) is 3.31. The Balaban J connectivity index is 3.10. The van der Waals surface area contributed by atoms with Crippen LogP contribution >= 0.6 is 0 Å². The zero-order chi connectivity index (χ0) is 12.3. The normalized spacial score (nSPS) is 12.1. The minimum absolute atomic E-state index is 0.383. The Morgan fingerprint density at radius 3 is 2.06 bits per heavy atom. The van der Waals surface area contributed by atoms with Crippen LogP contribution < -0.4 is 10.6 Å². The van der Waals surface area contributed by atoms with Crippen molar-refractivity contribution in [2.24, 2.45) is 10.9 Å². The number of rotatable bonds is 2. The number of hydrogen-bond acceptors (Lipinski definition) is 3. The van der Waals surface area contributed by atoms with E-state index >= 15 is 0 Å². The number of hydrazone groups is 1. The van der Waals surface area contributed by atoms with Gasteiger partial charge in [0.05, 0.1) is 11.8 Å². The molecule has 0 bridgehead atoms. The van der Waals surface area contributed by atoms with Crippen molar-refractivity contribution in [1.29, 1.82) is 0 Å². The maximum atomic E-state index is 13.0. The standard InChI is InChI=1S/C8H5F5N2O/c9-6-1-4(16-8(11,12)13)2-7(10)5(6)3-15-14/h1-3H,14H2. The van der Waals surface area contributed by atoms with Gasteiger partial charge in [0.2, 0.25) is 0 Å². The molecule has 0 aliphatic heterocycles. The summed E-state index contributed by atoms with van der Waals surface area (Å²) in [5.74, 6) is 1.16. The van der Waals surface area contributed by atoms with Gasteiger partial charge >= 0.3 is 6.36 Å². The molecule has 8 heteroatoms. The van der Waals surface area contributed by atoms with Gasteiger partial charge in [0.25, 0.3) is 0 Å². The average molecular weight is 240 g/mol. The molecule has 0 aliphatic rings. The molecule has 88 valence electrons. The van der Waals surface area contributed by atoms with Gasteiger partial charge < -0.3 is 10.6 Å². The summed E-state index contributed by atoms with van der Waals surface area (Å²) in [7, 11) is 0. The molecule has 0 amide bonds. The molecule has 0 saturated heterocycles. The van der Waals surface area contributed by atoms with Crippen molar-refractivity contribution in [2.45, 2.75) is 6.36 Å². The van der Waals surface area contributed by atoms with Crippen LogP contribution in [-0.4, -0.2) is 12.6 Å². The zero-order valence-corrected chi connectivity index (χ0v) is 7.55. The van der Waals surface area contributed by atoms with Gasteiger partial charge in [-0.05, 0) is 0 Å². The van der Waals surface area contributed by atoms with E-state index in [2.05, 4.69) is 15.7 Å². The maximum absolute atomic E-state index is 13.0. The fourth-order valence-corrected chi connectivity index (χ4v) is 0.951. The van der Waals surface area contributed by atoms with Crippen molar-refractivity contribution in [3.63, 3.8) is 0 Å². The lowest BCUT2D eigenvalue weighted by Crippen LogP contribution is -2.17. The lowest BCUT2D eigenvalue weighted by atomic mass is 10.2. The first kappa shape index (κ1) is 12.2. The van der Waals surface area contributed by atoms with Crippen LogP contribution in [0.1, 0.15) is 5.56 Å². The Morgan fingerprint density at radius 1 is 1.19 bits per heavy atom. The van der Waals surface area contributed by atoms with Gasteiger partial charge in [0.1, 0.15) is 17.4 Å². The molecular weight excluding hydrogens is 235 g/mol. The van der Waals surface area contributed by atoms with E-state index in [-0.39, 0.29) is 0 Å². The summed E-state index contributed by atoms with van der Waals surface area (Å²) in [6.07, 6.45) is -4.37. The van der Waals surface area contributed by atoms with Gasteiger partial charge in [-0.1, -0.05) is 0 Å². The van der Waals surface area contributed by atoms with Crippen molar-refractivity contribution >= 4 is 6.21 Å². The number of hydrogen-bond donors (Lipinski definition) is 1. The van der Waals surface area contributed by atoms with E-state index in [4.69, 9.17) is 0 Å². The summed E-state index contributed by atoms with van der Waals surface area (Å²) in [4.78, 5) is 0. The largest absolute Gasteiger partial charge is 0.573 e. The fourth-order valence-electron chi connectivity index (χ4n) is 0.951. The van der Waals surface area contributed by atoms with E-state index in [1.807, 2.05) is 0 Å². The Hall–Kier alpha value is -1.86. The molecule has 0 heterocycles. The fraction of sp³-hybridized carbons (Fsp3) is 0.125. The minimum Gasteiger partial charge on any atom is -0.406 e. The second kappa shape index (κ2) is 4.33. The molecule has 0 spiro atoms. The monoisotopic (exact) mass is 240 g/mol. The first-order valence-corrected chi connectivity index (χ1v) is 3.81. The van der Waals surface area contributed by atoms with E-state index in [1.165, 1.54) is 0 Å². The van der Waals surface area contributed by atoms with Crippen molar-refractivity contribution in [3.05, 3.63) is 29.3 Å². The van der Waals surface area contributed by atoms with Gasteiger partial charge in [-0.15, -0.1) is 13.2 Å². The SMILES string of the molecule is NN=Cc1c(F)cc(OC(F)(F)F)cc1F. The number of ether oxygens (including phenoxy) is 1. The molecule has 0 radical (unpaired) electrons. The number of nitrogens with zero attached hydrogens (tertiary/aromatic N) is 1. The summed E-state index contributed by atoms with van der Waals surface area (Å²) in [5.41, 5.74) is -0.642. The summed E-state index contributed by atoms with van der Waals surface area (Å²) in [6, 6.07) is 0.765. The Bertz CT molecular complexity index is 392. The third kappa shape index (κ3) is 3.07. The highest BCUT2D eigenvalue weighted by Crippen LogP contribution is 2.25. The first-order chi connectivity index (χ1) is 7.33. The Labute approximate surface area is 86.3 Å². The molecule has 0 aromatic heterocycles. The summed E-state index contributed by atoms with van der Waals surface area (Å²) in [6.45, 7) is 0.